The lowest BCUT2D eigenvalue weighted by atomic mass is 10.1. The van der Waals surface area contributed by atoms with Gasteiger partial charge in [-0.3, -0.25) is 4.79 Å². The molecule has 1 aromatic rings. The molecule has 3 N–H and O–H groups in total. The molecular weight excluding hydrogens is 342 g/mol. The molecule has 0 spiro atoms. The number of sulfonamides is 1. The van der Waals surface area contributed by atoms with Gasteiger partial charge in [0.1, 0.15) is 6.04 Å². The van der Waals surface area contributed by atoms with Crippen LogP contribution in [-0.2, 0) is 19.6 Å². The van der Waals surface area contributed by atoms with E-state index in [0.717, 1.165) is 15.4 Å². The molecule has 1 amide bonds. The zero-order chi connectivity index (χ0) is 17.1. The van der Waals surface area contributed by atoms with E-state index in [1.54, 1.807) is 19.9 Å². The van der Waals surface area contributed by atoms with Crippen LogP contribution in [0.1, 0.15) is 11.1 Å². The van der Waals surface area contributed by atoms with Crippen LogP contribution < -0.4 is 11.1 Å². The Morgan fingerprint density at radius 2 is 1.91 bits per heavy atom. The summed E-state index contributed by atoms with van der Waals surface area (Å²) in [5.41, 5.74) is 7.65. The molecule has 132 valence electrons. The van der Waals surface area contributed by atoms with Gasteiger partial charge in [0.2, 0.25) is 15.9 Å². The first-order valence-corrected chi connectivity index (χ1v) is 8.14. The van der Waals surface area contributed by atoms with Crippen molar-refractivity contribution in [1.29, 1.82) is 0 Å². The van der Waals surface area contributed by atoms with Gasteiger partial charge in [0.05, 0.1) is 11.5 Å². The van der Waals surface area contributed by atoms with Gasteiger partial charge in [0.15, 0.2) is 0 Å². The maximum Gasteiger partial charge on any atom is 0.243 e. The van der Waals surface area contributed by atoms with Crippen LogP contribution in [-0.4, -0.2) is 52.5 Å². The van der Waals surface area contributed by atoms with Crippen LogP contribution in [0.25, 0.3) is 0 Å². The number of methoxy groups -OCH3 is 1. The molecule has 0 saturated carbocycles. The number of hydrogen-bond acceptors (Lipinski definition) is 5. The number of hydrogen-bond donors (Lipinski definition) is 2. The molecule has 1 atom stereocenters. The van der Waals surface area contributed by atoms with Crippen molar-refractivity contribution >= 4 is 34.0 Å². The Bertz CT molecular complexity index is 662. The van der Waals surface area contributed by atoms with Gasteiger partial charge in [-0.2, -0.15) is 0 Å². The summed E-state index contributed by atoms with van der Waals surface area (Å²) < 4.78 is 30.4. The average molecular weight is 366 g/mol. The van der Waals surface area contributed by atoms with Gasteiger partial charge >= 0.3 is 0 Å². The van der Waals surface area contributed by atoms with Gasteiger partial charge in [-0.25, -0.2) is 12.7 Å². The second-order valence-corrected chi connectivity index (χ2v) is 7.40. The normalized spacial score (nSPS) is 12.7. The first kappa shape index (κ1) is 21.8. The number of ether oxygens (including phenoxy) is 1. The van der Waals surface area contributed by atoms with Crippen LogP contribution >= 0.6 is 12.4 Å². The third-order valence-electron chi connectivity index (χ3n) is 3.36. The van der Waals surface area contributed by atoms with E-state index in [1.807, 2.05) is 0 Å². The molecule has 0 aromatic heterocycles. The van der Waals surface area contributed by atoms with E-state index in [-0.39, 0.29) is 23.9 Å². The summed E-state index contributed by atoms with van der Waals surface area (Å²) in [6, 6.07) is 2.20. The van der Waals surface area contributed by atoms with Crippen LogP contribution in [0.5, 0.6) is 0 Å². The molecule has 0 aliphatic carbocycles. The van der Waals surface area contributed by atoms with Crippen LogP contribution in [0.15, 0.2) is 17.0 Å². The SMILES string of the molecule is COCC(N)C(=O)Nc1cc(S(=O)(=O)N(C)C)cc(C)c1C.Cl. The molecule has 0 radical (unpaired) electrons. The van der Waals surface area contributed by atoms with Gasteiger partial charge in [0, 0.05) is 26.9 Å². The number of benzene rings is 1. The second-order valence-electron chi connectivity index (χ2n) is 5.25. The first-order valence-electron chi connectivity index (χ1n) is 6.70. The zero-order valence-electron chi connectivity index (χ0n) is 13.9. The number of amides is 1. The highest BCUT2D eigenvalue weighted by atomic mass is 35.5. The van der Waals surface area contributed by atoms with Crippen LogP contribution in [0, 0.1) is 13.8 Å². The monoisotopic (exact) mass is 365 g/mol. The highest BCUT2D eigenvalue weighted by molar-refractivity contribution is 7.89. The molecular formula is C14H24ClN3O4S. The smallest absolute Gasteiger partial charge is 0.243 e. The van der Waals surface area contributed by atoms with E-state index in [4.69, 9.17) is 10.5 Å². The summed E-state index contributed by atoms with van der Waals surface area (Å²) in [5.74, 6) is -0.427. The molecule has 23 heavy (non-hydrogen) atoms. The van der Waals surface area contributed by atoms with Crippen molar-refractivity contribution < 1.29 is 17.9 Å². The number of nitrogens with one attached hydrogen (secondary N) is 1. The Morgan fingerprint density at radius 3 is 2.39 bits per heavy atom. The Balaban J connectivity index is 0.00000484. The molecule has 1 aromatic carbocycles. The Morgan fingerprint density at radius 1 is 1.35 bits per heavy atom. The van der Waals surface area contributed by atoms with Crippen molar-refractivity contribution in [2.75, 3.05) is 33.1 Å². The number of carbonyl (C=O) groups is 1. The van der Waals surface area contributed by atoms with Crippen molar-refractivity contribution in [3.05, 3.63) is 23.3 Å². The quantitative estimate of drug-likeness (QED) is 0.779. The fourth-order valence-corrected chi connectivity index (χ4v) is 2.81. The van der Waals surface area contributed by atoms with Crippen LogP contribution in [0.2, 0.25) is 0 Å². The number of rotatable bonds is 6. The number of nitrogens with two attached hydrogens (primary N) is 1. The van der Waals surface area contributed by atoms with Gasteiger partial charge < -0.3 is 15.8 Å². The molecule has 0 heterocycles. The summed E-state index contributed by atoms with van der Waals surface area (Å²) in [6.07, 6.45) is 0. The molecule has 1 rings (SSSR count). The minimum Gasteiger partial charge on any atom is -0.383 e. The maximum absolute atomic E-state index is 12.2. The number of halogens is 1. The van der Waals surface area contributed by atoms with Gasteiger partial charge in [-0.05, 0) is 37.1 Å². The fourth-order valence-electron chi connectivity index (χ4n) is 1.80. The summed E-state index contributed by atoms with van der Waals surface area (Å²) in [5, 5.41) is 2.66. The lowest BCUT2D eigenvalue weighted by Crippen LogP contribution is -2.39. The van der Waals surface area contributed by atoms with E-state index in [2.05, 4.69) is 5.32 Å². The Labute approximate surface area is 143 Å². The third kappa shape index (κ3) is 5.15. The summed E-state index contributed by atoms with van der Waals surface area (Å²) in [4.78, 5) is 12.1. The molecule has 0 fully saturated rings. The first-order chi connectivity index (χ1) is 10.1. The van der Waals surface area contributed by atoms with Crippen LogP contribution in [0.4, 0.5) is 5.69 Å². The molecule has 0 aliphatic rings. The van der Waals surface area contributed by atoms with Gasteiger partial charge in [-0.15, -0.1) is 12.4 Å². The van der Waals surface area contributed by atoms with E-state index in [9.17, 15) is 13.2 Å². The van der Waals surface area contributed by atoms with E-state index >= 15 is 0 Å². The molecule has 0 bridgehead atoms. The minimum absolute atomic E-state index is 0. The van der Waals surface area contributed by atoms with E-state index in [0.29, 0.717) is 5.69 Å². The number of anilines is 1. The third-order valence-corrected chi connectivity index (χ3v) is 5.15. The molecule has 0 aliphatic heterocycles. The number of aryl methyl sites for hydroxylation is 1. The highest BCUT2D eigenvalue weighted by Crippen LogP contribution is 2.25. The van der Waals surface area contributed by atoms with Crippen molar-refractivity contribution in [1.82, 2.24) is 4.31 Å². The Hall–Kier alpha value is -1.19. The number of nitrogens with zero attached hydrogens (tertiary/aromatic N) is 1. The standard InChI is InChI=1S/C14H23N3O4S.ClH/c1-9-6-11(22(19,20)17(3)4)7-13(10(9)2)16-14(18)12(15)8-21-5;/h6-7,12H,8,15H2,1-5H3,(H,16,18);1H. The van der Waals surface area contributed by atoms with E-state index in [1.165, 1.54) is 27.3 Å². The summed E-state index contributed by atoms with van der Waals surface area (Å²) in [6.45, 7) is 3.67. The van der Waals surface area contributed by atoms with Crippen molar-refractivity contribution in [2.45, 2.75) is 24.8 Å². The Kier molecular flexibility index (Phi) is 8.16. The molecule has 0 saturated heterocycles. The molecule has 1 unspecified atom stereocenters. The van der Waals surface area contributed by atoms with E-state index < -0.39 is 22.0 Å². The molecule has 9 heteroatoms. The second kappa shape index (κ2) is 8.60. The predicted molar refractivity (Wildman–Crippen MR) is 92.5 cm³/mol. The van der Waals surface area contributed by atoms with Gasteiger partial charge in [-0.1, -0.05) is 0 Å². The highest BCUT2D eigenvalue weighted by Gasteiger charge is 2.21. The maximum atomic E-state index is 12.2. The fraction of sp³-hybridized carbons (Fsp3) is 0.500. The predicted octanol–water partition coefficient (Wildman–Crippen LogP) is 0.888. The summed E-state index contributed by atoms with van der Waals surface area (Å²) >= 11 is 0. The van der Waals surface area contributed by atoms with Crippen molar-refractivity contribution in [3.63, 3.8) is 0 Å². The minimum atomic E-state index is -3.58. The number of carbonyl (C=O) groups excluding carboxylic acids is 1. The average Bonchev–Trinajstić information content (AvgIpc) is 2.43. The topological polar surface area (TPSA) is 102 Å². The van der Waals surface area contributed by atoms with Crippen molar-refractivity contribution in [2.24, 2.45) is 5.73 Å². The summed E-state index contributed by atoms with van der Waals surface area (Å²) in [7, 11) is 0.784. The zero-order valence-corrected chi connectivity index (χ0v) is 15.5. The molecule has 7 nitrogen and oxygen atoms in total. The van der Waals surface area contributed by atoms with Crippen molar-refractivity contribution in [3.8, 4) is 0 Å². The van der Waals surface area contributed by atoms with Crippen LogP contribution in [0.3, 0.4) is 0 Å². The van der Waals surface area contributed by atoms with Gasteiger partial charge in [0.25, 0.3) is 0 Å². The lowest BCUT2D eigenvalue weighted by Gasteiger charge is -2.17. The largest absolute Gasteiger partial charge is 0.383 e. The lowest BCUT2D eigenvalue weighted by molar-refractivity contribution is -0.118.